The van der Waals surface area contributed by atoms with E-state index in [1.54, 1.807) is 4.90 Å². The minimum Gasteiger partial charge on any atom is -0.353 e. The van der Waals surface area contributed by atoms with E-state index in [2.05, 4.69) is 5.32 Å². The zero-order valence-corrected chi connectivity index (χ0v) is 11.0. The van der Waals surface area contributed by atoms with E-state index in [0.717, 1.165) is 25.7 Å². The fraction of sp³-hybridized carbons (Fsp3) is 0.846. The molecule has 0 spiro atoms. The molecule has 1 aliphatic carbocycles. The predicted molar refractivity (Wildman–Crippen MR) is 68.7 cm³/mol. The van der Waals surface area contributed by atoms with Gasteiger partial charge in [-0.05, 0) is 25.7 Å². The average Bonchev–Trinajstić information content (AvgIpc) is 2.37. The maximum absolute atomic E-state index is 12.5. The van der Waals surface area contributed by atoms with Gasteiger partial charge >= 0.3 is 0 Å². The lowest BCUT2D eigenvalue weighted by Gasteiger charge is -2.38. The number of nitrogens with two attached hydrogens (primary N) is 1. The van der Waals surface area contributed by atoms with Crippen LogP contribution in [0.4, 0.5) is 0 Å². The maximum Gasteiger partial charge on any atom is 0.242 e. The van der Waals surface area contributed by atoms with E-state index >= 15 is 0 Å². The second-order valence-electron chi connectivity index (χ2n) is 5.37. The molecule has 1 saturated carbocycles. The van der Waals surface area contributed by atoms with Crippen LogP contribution < -0.4 is 11.1 Å². The first-order valence-electron chi connectivity index (χ1n) is 6.97. The number of nitrogens with one attached hydrogen (secondary N) is 1. The van der Waals surface area contributed by atoms with Crippen molar-refractivity contribution < 1.29 is 9.59 Å². The summed E-state index contributed by atoms with van der Waals surface area (Å²) in [5.74, 6) is 0.137. The molecule has 0 aromatic carbocycles. The number of carbonyl (C=O) groups excluding carboxylic acids is 2. The van der Waals surface area contributed by atoms with Crippen LogP contribution in [0.25, 0.3) is 0 Å². The monoisotopic (exact) mass is 253 g/mol. The fourth-order valence-corrected chi connectivity index (χ4v) is 3.07. The minimum absolute atomic E-state index is 0.0165. The number of nitrogens with zero attached hydrogens (tertiary/aromatic N) is 1. The molecule has 0 radical (unpaired) electrons. The fourth-order valence-electron chi connectivity index (χ4n) is 3.07. The summed E-state index contributed by atoms with van der Waals surface area (Å²) in [5, 5.41) is 2.82. The third-order valence-corrected chi connectivity index (χ3v) is 4.06. The summed E-state index contributed by atoms with van der Waals surface area (Å²) in [6.07, 6.45) is 4.40. The second kappa shape index (κ2) is 5.69. The van der Waals surface area contributed by atoms with E-state index < -0.39 is 0 Å². The summed E-state index contributed by atoms with van der Waals surface area (Å²) in [4.78, 5) is 26.0. The number of piperazine rings is 1. The lowest BCUT2D eigenvalue weighted by molar-refractivity contribution is -0.147. The highest BCUT2D eigenvalue weighted by molar-refractivity contribution is 5.89. The molecule has 18 heavy (non-hydrogen) atoms. The van der Waals surface area contributed by atoms with Crippen LogP contribution in [0.2, 0.25) is 0 Å². The molecule has 2 fully saturated rings. The summed E-state index contributed by atoms with van der Waals surface area (Å²) >= 11 is 0. The Balaban J connectivity index is 2.04. The van der Waals surface area contributed by atoms with Crippen LogP contribution in [-0.2, 0) is 9.59 Å². The van der Waals surface area contributed by atoms with Crippen LogP contribution in [0.1, 0.15) is 39.0 Å². The van der Waals surface area contributed by atoms with Gasteiger partial charge in [0.15, 0.2) is 0 Å². The summed E-state index contributed by atoms with van der Waals surface area (Å²) in [6.45, 7) is 3.15. The SMILES string of the molecule is CC[C@@H]1C(=O)NCCN1C(=O)[C@H]1CCC[C@@H](N)C1. The summed E-state index contributed by atoms with van der Waals surface area (Å²) in [5.41, 5.74) is 5.94. The molecule has 2 rings (SSSR count). The van der Waals surface area contributed by atoms with Crippen molar-refractivity contribution in [2.24, 2.45) is 11.7 Å². The molecule has 102 valence electrons. The van der Waals surface area contributed by atoms with Crippen molar-refractivity contribution >= 4 is 11.8 Å². The lowest BCUT2D eigenvalue weighted by Crippen LogP contribution is -2.58. The Hall–Kier alpha value is -1.10. The number of hydrogen-bond acceptors (Lipinski definition) is 3. The van der Waals surface area contributed by atoms with Gasteiger partial charge < -0.3 is 16.0 Å². The Labute approximate surface area is 108 Å². The van der Waals surface area contributed by atoms with Gasteiger partial charge in [-0.2, -0.15) is 0 Å². The molecule has 5 heteroatoms. The maximum atomic E-state index is 12.5. The van der Waals surface area contributed by atoms with Crippen LogP contribution in [0.3, 0.4) is 0 Å². The zero-order valence-electron chi connectivity index (χ0n) is 11.0. The van der Waals surface area contributed by atoms with Crippen LogP contribution in [0.15, 0.2) is 0 Å². The molecule has 0 aromatic heterocycles. The summed E-state index contributed by atoms with van der Waals surface area (Å²) in [7, 11) is 0. The van der Waals surface area contributed by atoms with Crippen molar-refractivity contribution in [2.45, 2.75) is 51.1 Å². The lowest BCUT2D eigenvalue weighted by atomic mass is 9.84. The van der Waals surface area contributed by atoms with Crippen LogP contribution in [0, 0.1) is 5.92 Å². The number of rotatable bonds is 2. The molecule has 1 heterocycles. The first-order valence-corrected chi connectivity index (χ1v) is 6.97. The molecule has 2 aliphatic rings. The van der Waals surface area contributed by atoms with E-state index in [4.69, 9.17) is 5.73 Å². The zero-order chi connectivity index (χ0) is 13.1. The third-order valence-electron chi connectivity index (χ3n) is 4.06. The van der Waals surface area contributed by atoms with Gasteiger partial charge in [0.2, 0.25) is 11.8 Å². The molecule has 3 N–H and O–H groups in total. The van der Waals surface area contributed by atoms with Gasteiger partial charge in [0.1, 0.15) is 6.04 Å². The Morgan fingerprint density at radius 1 is 1.50 bits per heavy atom. The minimum atomic E-state index is -0.288. The van der Waals surface area contributed by atoms with Crippen molar-refractivity contribution in [3.63, 3.8) is 0 Å². The highest BCUT2D eigenvalue weighted by atomic mass is 16.2. The molecule has 1 saturated heterocycles. The van der Waals surface area contributed by atoms with Crippen molar-refractivity contribution in [1.82, 2.24) is 10.2 Å². The van der Waals surface area contributed by atoms with E-state index in [9.17, 15) is 9.59 Å². The highest BCUT2D eigenvalue weighted by Gasteiger charge is 2.36. The normalized spacial score (nSPS) is 33.1. The van der Waals surface area contributed by atoms with Gasteiger partial charge in [0.25, 0.3) is 0 Å². The van der Waals surface area contributed by atoms with Crippen LogP contribution in [0.5, 0.6) is 0 Å². The van der Waals surface area contributed by atoms with Gasteiger partial charge in [-0.25, -0.2) is 0 Å². The van der Waals surface area contributed by atoms with Gasteiger partial charge in [-0.3, -0.25) is 9.59 Å². The molecule has 0 aromatic rings. The van der Waals surface area contributed by atoms with Gasteiger partial charge in [0, 0.05) is 25.0 Å². The molecule has 5 nitrogen and oxygen atoms in total. The standard InChI is InChI=1S/C13H23N3O2/c1-2-11-12(17)15-6-7-16(11)13(18)9-4-3-5-10(14)8-9/h9-11H,2-8,14H2,1H3,(H,15,17)/t9-,10+,11+/m0/s1. The van der Waals surface area contributed by atoms with Crippen molar-refractivity contribution in [3.05, 3.63) is 0 Å². The Bertz CT molecular complexity index is 332. The Morgan fingerprint density at radius 2 is 2.28 bits per heavy atom. The molecule has 0 bridgehead atoms. The third kappa shape index (κ3) is 2.66. The van der Waals surface area contributed by atoms with E-state index in [0.29, 0.717) is 19.5 Å². The summed E-state index contributed by atoms with van der Waals surface area (Å²) in [6, 6.07) is -0.143. The second-order valence-corrected chi connectivity index (χ2v) is 5.37. The first kappa shape index (κ1) is 13.3. The quantitative estimate of drug-likeness (QED) is 0.740. The molecular weight excluding hydrogens is 230 g/mol. The average molecular weight is 253 g/mol. The number of carbonyl (C=O) groups is 2. The molecule has 2 amide bonds. The van der Waals surface area contributed by atoms with Crippen molar-refractivity contribution in [3.8, 4) is 0 Å². The summed E-state index contributed by atoms with van der Waals surface area (Å²) < 4.78 is 0. The van der Waals surface area contributed by atoms with E-state index in [-0.39, 0.29) is 29.8 Å². The number of hydrogen-bond donors (Lipinski definition) is 2. The van der Waals surface area contributed by atoms with Crippen LogP contribution >= 0.6 is 0 Å². The predicted octanol–water partition coefficient (Wildman–Crippen LogP) is 0.241. The van der Waals surface area contributed by atoms with E-state index in [1.165, 1.54) is 0 Å². The van der Waals surface area contributed by atoms with Gasteiger partial charge in [-0.1, -0.05) is 13.3 Å². The van der Waals surface area contributed by atoms with Crippen LogP contribution in [-0.4, -0.2) is 41.9 Å². The van der Waals surface area contributed by atoms with E-state index in [1.807, 2.05) is 6.92 Å². The smallest absolute Gasteiger partial charge is 0.242 e. The molecule has 1 aliphatic heterocycles. The highest BCUT2D eigenvalue weighted by Crippen LogP contribution is 2.26. The number of amides is 2. The van der Waals surface area contributed by atoms with Crippen molar-refractivity contribution in [2.75, 3.05) is 13.1 Å². The first-order chi connectivity index (χ1) is 8.63. The van der Waals surface area contributed by atoms with Gasteiger partial charge in [0.05, 0.1) is 0 Å². The van der Waals surface area contributed by atoms with Gasteiger partial charge in [-0.15, -0.1) is 0 Å². The molecular formula is C13H23N3O2. The Kier molecular flexibility index (Phi) is 4.22. The van der Waals surface area contributed by atoms with Crippen molar-refractivity contribution in [1.29, 1.82) is 0 Å². The topological polar surface area (TPSA) is 75.4 Å². The molecule has 3 atom stereocenters. The molecule has 0 unspecified atom stereocenters. The largest absolute Gasteiger partial charge is 0.353 e. The Morgan fingerprint density at radius 3 is 2.94 bits per heavy atom.